The van der Waals surface area contributed by atoms with Crippen LogP contribution in [0.4, 0.5) is 0 Å². The van der Waals surface area contributed by atoms with Crippen molar-refractivity contribution in [3.63, 3.8) is 0 Å². The van der Waals surface area contributed by atoms with Crippen LogP contribution in [0.2, 0.25) is 0 Å². The number of rotatable bonds is 7. The Balaban J connectivity index is 1.46. The Morgan fingerprint density at radius 1 is 1.32 bits per heavy atom. The van der Waals surface area contributed by atoms with Crippen LogP contribution in [0.25, 0.3) is 0 Å². The Bertz CT molecular complexity index is 902. The molecule has 3 rings (SSSR count). The van der Waals surface area contributed by atoms with Gasteiger partial charge in [0.15, 0.2) is 17.6 Å². The molecule has 28 heavy (non-hydrogen) atoms. The van der Waals surface area contributed by atoms with Crippen LogP contribution in [0.15, 0.2) is 42.5 Å². The molecule has 1 heterocycles. The van der Waals surface area contributed by atoms with Gasteiger partial charge < -0.3 is 19.5 Å². The minimum absolute atomic E-state index is 0.231. The second-order valence-corrected chi connectivity index (χ2v) is 7.32. The zero-order valence-corrected chi connectivity index (χ0v) is 16.3. The van der Waals surface area contributed by atoms with Gasteiger partial charge >= 0.3 is 0 Å². The van der Waals surface area contributed by atoms with Crippen molar-refractivity contribution in [2.75, 3.05) is 13.2 Å². The molecule has 2 aromatic rings. The SMILES string of the molecule is CC(Oc1cccc(C#N)c1)C(=O)NCCOc1cccc2c1OC(C)(C)C2. The summed E-state index contributed by atoms with van der Waals surface area (Å²) in [4.78, 5) is 12.2. The van der Waals surface area contributed by atoms with Crippen molar-refractivity contribution in [3.05, 3.63) is 53.6 Å². The summed E-state index contributed by atoms with van der Waals surface area (Å²) in [5, 5.41) is 11.7. The van der Waals surface area contributed by atoms with Gasteiger partial charge in [-0.1, -0.05) is 18.2 Å². The van der Waals surface area contributed by atoms with Gasteiger partial charge in [-0.25, -0.2) is 0 Å². The minimum Gasteiger partial charge on any atom is -0.488 e. The Kier molecular flexibility index (Phi) is 5.74. The molecule has 1 atom stereocenters. The molecule has 0 fully saturated rings. The van der Waals surface area contributed by atoms with Crippen molar-refractivity contribution in [2.45, 2.75) is 38.9 Å². The minimum atomic E-state index is -0.681. The van der Waals surface area contributed by atoms with Crippen LogP contribution in [-0.4, -0.2) is 30.8 Å². The number of amides is 1. The predicted molar refractivity (Wildman–Crippen MR) is 105 cm³/mol. The summed E-state index contributed by atoms with van der Waals surface area (Å²) in [5.41, 5.74) is 1.39. The molecule has 6 heteroatoms. The number of nitrogens with zero attached hydrogens (tertiary/aromatic N) is 1. The smallest absolute Gasteiger partial charge is 0.260 e. The predicted octanol–water partition coefficient (Wildman–Crippen LogP) is 3.23. The summed E-state index contributed by atoms with van der Waals surface area (Å²) in [6.07, 6.45) is 0.164. The van der Waals surface area contributed by atoms with E-state index in [2.05, 4.69) is 5.32 Å². The maximum Gasteiger partial charge on any atom is 0.260 e. The van der Waals surface area contributed by atoms with Gasteiger partial charge in [0.1, 0.15) is 18.0 Å². The second kappa shape index (κ2) is 8.22. The number of para-hydroxylation sites is 1. The molecule has 0 bridgehead atoms. The molecule has 1 N–H and O–H groups in total. The molecular formula is C22H24N2O4. The molecule has 0 radical (unpaired) electrons. The van der Waals surface area contributed by atoms with E-state index >= 15 is 0 Å². The van der Waals surface area contributed by atoms with Crippen molar-refractivity contribution >= 4 is 5.91 Å². The first-order valence-corrected chi connectivity index (χ1v) is 9.26. The van der Waals surface area contributed by atoms with Crippen LogP contribution in [0.3, 0.4) is 0 Å². The van der Waals surface area contributed by atoms with E-state index in [-0.39, 0.29) is 11.5 Å². The van der Waals surface area contributed by atoms with E-state index in [9.17, 15) is 4.79 Å². The normalized spacial score (nSPS) is 14.9. The Labute approximate surface area is 165 Å². The average molecular weight is 380 g/mol. The fourth-order valence-corrected chi connectivity index (χ4v) is 3.08. The number of carbonyl (C=O) groups is 1. The van der Waals surface area contributed by atoms with Gasteiger partial charge in [0.25, 0.3) is 5.91 Å². The van der Waals surface area contributed by atoms with E-state index in [1.165, 1.54) is 0 Å². The summed E-state index contributed by atoms with van der Waals surface area (Å²) in [6.45, 7) is 6.42. The van der Waals surface area contributed by atoms with Gasteiger partial charge in [-0.3, -0.25) is 4.79 Å². The number of fused-ring (bicyclic) bond motifs is 1. The standard InChI is InChI=1S/C22H24N2O4/c1-15(27-18-8-4-6-16(12-18)14-23)21(25)24-10-11-26-19-9-5-7-17-13-22(2,3)28-20(17)19/h4-9,12,15H,10-11,13H2,1-3H3,(H,24,25). The molecule has 1 unspecified atom stereocenters. The topological polar surface area (TPSA) is 80.6 Å². The van der Waals surface area contributed by atoms with Gasteiger partial charge in [0, 0.05) is 12.0 Å². The molecule has 0 spiro atoms. The zero-order chi connectivity index (χ0) is 20.1. The van der Waals surface area contributed by atoms with Crippen LogP contribution in [0, 0.1) is 11.3 Å². The largest absolute Gasteiger partial charge is 0.488 e. The van der Waals surface area contributed by atoms with Crippen molar-refractivity contribution in [3.8, 4) is 23.3 Å². The first-order chi connectivity index (χ1) is 13.4. The third-order valence-electron chi connectivity index (χ3n) is 4.36. The highest BCUT2D eigenvalue weighted by Crippen LogP contribution is 2.41. The third-order valence-corrected chi connectivity index (χ3v) is 4.36. The zero-order valence-electron chi connectivity index (χ0n) is 16.3. The highest BCUT2D eigenvalue weighted by atomic mass is 16.5. The van der Waals surface area contributed by atoms with Gasteiger partial charge in [-0.15, -0.1) is 0 Å². The molecule has 1 amide bonds. The van der Waals surface area contributed by atoms with Gasteiger partial charge in [-0.2, -0.15) is 5.26 Å². The highest BCUT2D eigenvalue weighted by molar-refractivity contribution is 5.80. The number of hydrogen-bond acceptors (Lipinski definition) is 5. The summed E-state index contributed by atoms with van der Waals surface area (Å²) in [6, 6.07) is 14.6. The van der Waals surface area contributed by atoms with Crippen LogP contribution in [0.5, 0.6) is 17.2 Å². The lowest BCUT2D eigenvalue weighted by molar-refractivity contribution is -0.127. The maximum absolute atomic E-state index is 12.2. The summed E-state index contributed by atoms with van der Waals surface area (Å²) >= 11 is 0. The molecule has 1 aliphatic rings. The highest BCUT2D eigenvalue weighted by Gasteiger charge is 2.32. The number of hydrogen-bond donors (Lipinski definition) is 1. The number of nitrogens with one attached hydrogen (secondary N) is 1. The lowest BCUT2D eigenvalue weighted by Gasteiger charge is -2.18. The molecule has 146 valence electrons. The van der Waals surface area contributed by atoms with Gasteiger partial charge in [0.2, 0.25) is 0 Å². The first-order valence-electron chi connectivity index (χ1n) is 9.26. The van der Waals surface area contributed by atoms with Crippen molar-refractivity contribution < 1.29 is 19.0 Å². The summed E-state index contributed by atoms with van der Waals surface area (Å²) < 4.78 is 17.4. The van der Waals surface area contributed by atoms with Crippen molar-refractivity contribution in [2.24, 2.45) is 0 Å². The lowest BCUT2D eigenvalue weighted by atomic mass is 10.0. The second-order valence-electron chi connectivity index (χ2n) is 7.32. The van der Waals surface area contributed by atoms with Gasteiger partial charge in [0.05, 0.1) is 18.2 Å². The third kappa shape index (κ3) is 4.74. The quantitative estimate of drug-likeness (QED) is 0.746. The molecule has 0 aliphatic carbocycles. The Morgan fingerprint density at radius 3 is 2.89 bits per heavy atom. The fourth-order valence-electron chi connectivity index (χ4n) is 3.08. The van der Waals surface area contributed by atoms with E-state index in [1.54, 1.807) is 31.2 Å². The number of ether oxygens (including phenoxy) is 3. The Morgan fingerprint density at radius 2 is 2.11 bits per heavy atom. The van der Waals surface area contributed by atoms with E-state index in [0.717, 1.165) is 17.7 Å². The van der Waals surface area contributed by atoms with E-state index in [0.29, 0.717) is 30.2 Å². The first kappa shape index (κ1) is 19.6. The summed E-state index contributed by atoms with van der Waals surface area (Å²) in [7, 11) is 0. The van der Waals surface area contributed by atoms with Crippen molar-refractivity contribution in [1.82, 2.24) is 5.32 Å². The molecule has 0 saturated heterocycles. The monoisotopic (exact) mass is 380 g/mol. The molecular weight excluding hydrogens is 356 g/mol. The van der Waals surface area contributed by atoms with Gasteiger partial charge in [-0.05, 0) is 45.0 Å². The van der Waals surface area contributed by atoms with Crippen LogP contribution < -0.4 is 19.5 Å². The number of benzene rings is 2. The molecule has 0 saturated carbocycles. The van der Waals surface area contributed by atoms with Crippen molar-refractivity contribution in [1.29, 1.82) is 5.26 Å². The molecule has 1 aliphatic heterocycles. The van der Waals surface area contributed by atoms with Crippen LogP contribution >= 0.6 is 0 Å². The fraction of sp³-hybridized carbons (Fsp3) is 0.364. The Hall–Kier alpha value is -3.20. The van der Waals surface area contributed by atoms with E-state index < -0.39 is 6.10 Å². The molecule has 2 aromatic carbocycles. The van der Waals surface area contributed by atoms with E-state index in [1.807, 2.05) is 38.1 Å². The van der Waals surface area contributed by atoms with Crippen LogP contribution in [0.1, 0.15) is 31.9 Å². The van der Waals surface area contributed by atoms with E-state index in [4.69, 9.17) is 19.5 Å². The van der Waals surface area contributed by atoms with Crippen LogP contribution in [-0.2, 0) is 11.2 Å². The average Bonchev–Trinajstić information content (AvgIpc) is 2.99. The lowest BCUT2D eigenvalue weighted by Crippen LogP contribution is -2.38. The molecule has 6 nitrogen and oxygen atoms in total. The number of nitriles is 1. The number of carbonyl (C=O) groups excluding carboxylic acids is 1. The summed E-state index contributed by atoms with van der Waals surface area (Å²) in [5.74, 6) is 1.71. The molecule has 0 aromatic heterocycles. The maximum atomic E-state index is 12.2.